The molecule has 0 saturated heterocycles. The van der Waals surface area contributed by atoms with Crippen LogP contribution in [0.25, 0.3) is 0 Å². The van der Waals surface area contributed by atoms with Crippen LogP contribution in [0.15, 0.2) is 18.2 Å². The molecule has 2 rings (SSSR count). The van der Waals surface area contributed by atoms with Gasteiger partial charge in [0.2, 0.25) is 0 Å². The second-order valence-corrected chi connectivity index (χ2v) is 5.41. The van der Waals surface area contributed by atoms with Gasteiger partial charge in [-0.05, 0) is 49.8 Å². The number of benzene rings is 1. The first-order chi connectivity index (χ1) is 8.08. The third-order valence-corrected chi connectivity index (χ3v) is 3.95. The molecule has 1 aliphatic carbocycles. The van der Waals surface area contributed by atoms with Crippen molar-refractivity contribution in [3.8, 4) is 0 Å². The fourth-order valence-corrected chi connectivity index (χ4v) is 2.63. The largest absolute Gasteiger partial charge is 0.349 e. The zero-order valence-electron chi connectivity index (χ0n) is 10.3. The summed E-state index contributed by atoms with van der Waals surface area (Å²) in [6.45, 7) is 4.12. The van der Waals surface area contributed by atoms with Crippen LogP contribution < -0.4 is 5.32 Å². The van der Waals surface area contributed by atoms with E-state index in [1.165, 1.54) is 6.42 Å². The molecule has 1 aliphatic rings. The van der Waals surface area contributed by atoms with Gasteiger partial charge < -0.3 is 5.32 Å². The zero-order chi connectivity index (χ0) is 12.4. The number of hydrogen-bond acceptors (Lipinski definition) is 1. The molecule has 0 spiro atoms. The summed E-state index contributed by atoms with van der Waals surface area (Å²) >= 11 is 6.02. The SMILES string of the molecule is Cc1c(Cl)cccc1C(=O)NC1CCC(C)C1. The van der Waals surface area contributed by atoms with Gasteiger partial charge in [0.25, 0.3) is 5.91 Å². The van der Waals surface area contributed by atoms with E-state index in [2.05, 4.69) is 12.2 Å². The fourth-order valence-electron chi connectivity index (χ4n) is 2.45. The molecule has 1 aromatic carbocycles. The number of hydrogen-bond donors (Lipinski definition) is 1. The van der Waals surface area contributed by atoms with Crippen molar-refractivity contribution in [3.05, 3.63) is 34.3 Å². The predicted octanol–water partition coefficient (Wildman–Crippen LogP) is 3.57. The van der Waals surface area contributed by atoms with Crippen molar-refractivity contribution in [2.24, 2.45) is 5.92 Å². The van der Waals surface area contributed by atoms with Gasteiger partial charge in [-0.15, -0.1) is 0 Å². The van der Waals surface area contributed by atoms with Crippen LogP contribution in [-0.2, 0) is 0 Å². The molecule has 0 bridgehead atoms. The lowest BCUT2D eigenvalue weighted by Gasteiger charge is -2.14. The van der Waals surface area contributed by atoms with Gasteiger partial charge in [0, 0.05) is 16.6 Å². The van der Waals surface area contributed by atoms with Gasteiger partial charge in [-0.25, -0.2) is 0 Å². The van der Waals surface area contributed by atoms with Crippen LogP contribution >= 0.6 is 11.6 Å². The highest BCUT2D eigenvalue weighted by Crippen LogP contribution is 2.25. The maximum Gasteiger partial charge on any atom is 0.251 e. The van der Waals surface area contributed by atoms with Crippen molar-refractivity contribution in [1.29, 1.82) is 0 Å². The van der Waals surface area contributed by atoms with E-state index in [1.807, 2.05) is 25.1 Å². The lowest BCUT2D eigenvalue weighted by molar-refractivity contribution is 0.0936. The van der Waals surface area contributed by atoms with Crippen LogP contribution in [-0.4, -0.2) is 11.9 Å². The van der Waals surface area contributed by atoms with Gasteiger partial charge in [-0.1, -0.05) is 24.6 Å². The molecule has 1 aromatic rings. The molecule has 3 heteroatoms. The van der Waals surface area contributed by atoms with Crippen LogP contribution in [0.2, 0.25) is 5.02 Å². The van der Waals surface area contributed by atoms with Gasteiger partial charge in [0.05, 0.1) is 0 Å². The maximum absolute atomic E-state index is 12.1. The summed E-state index contributed by atoms with van der Waals surface area (Å²) < 4.78 is 0. The highest BCUT2D eigenvalue weighted by Gasteiger charge is 2.23. The molecule has 92 valence electrons. The quantitative estimate of drug-likeness (QED) is 0.856. The normalized spacial score (nSPS) is 23.7. The minimum absolute atomic E-state index is 0.00380. The van der Waals surface area contributed by atoms with Gasteiger partial charge in [0.15, 0.2) is 0 Å². The van der Waals surface area contributed by atoms with Crippen LogP contribution in [0.5, 0.6) is 0 Å². The molecular formula is C14H18ClNO. The third-order valence-electron chi connectivity index (χ3n) is 3.54. The Morgan fingerprint density at radius 1 is 1.41 bits per heavy atom. The average Bonchev–Trinajstić information content (AvgIpc) is 2.68. The molecule has 0 heterocycles. The first-order valence-corrected chi connectivity index (χ1v) is 6.51. The van der Waals surface area contributed by atoms with Gasteiger partial charge in [-0.2, -0.15) is 0 Å². The first-order valence-electron chi connectivity index (χ1n) is 6.14. The summed E-state index contributed by atoms with van der Waals surface area (Å²) in [6.07, 6.45) is 3.39. The van der Waals surface area contributed by atoms with E-state index in [4.69, 9.17) is 11.6 Å². The molecule has 1 fully saturated rings. The van der Waals surface area contributed by atoms with Crippen molar-refractivity contribution in [2.75, 3.05) is 0 Å². The second kappa shape index (κ2) is 5.09. The summed E-state index contributed by atoms with van der Waals surface area (Å²) in [4.78, 5) is 12.1. The summed E-state index contributed by atoms with van der Waals surface area (Å²) in [5.41, 5.74) is 1.55. The van der Waals surface area contributed by atoms with Crippen molar-refractivity contribution >= 4 is 17.5 Å². The molecule has 2 unspecified atom stereocenters. The molecule has 0 radical (unpaired) electrons. The number of carbonyl (C=O) groups is 1. The van der Waals surface area contributed by atoms with Crippen molar-refractivity contribution in [3.63, 3.8) is 0 Å². The summed E-state index contributed by atoms with van der Waals surface area (Å²) in [5, 5.41) is 3.75. The summed E-state index contributed by atoms with van der Waals surface area (Å²) in [6, 6.07) is 5.79. The summed E-state index contributed by atoms with van der Waals surface area (Å²) in [5.74, 6) is 0.727. The Kier molecular flexibility index (Phi) is 3.72. The van der Waals surface area contributed by atoms with Gasteiger partial charge in [-0.3, -0.25) is 4.79 Å². The van der Waals surface area contributed by atoms with Crippen molar-refractivity contribution in [2.45, 2.75) is 39.2 Å². The minimum Gasteiger partial charge on any atom is -0.349 e. The Balaban J connectivity index is 2.07. The Labute approximate surface area is 107 Å². The Hall–Kier alpha value is -1.02. The van der Waals surface area contributed by atoms with Crippen LogP contribution in [0.4, 0.5) is 0 Å². The minimum atomic E-state index is 0.00380. The third kappa shape index (κ3) is 2.81. The van der Waals surface area contributed by atoms with Gasteiger partial charge >= 0.3 is 0 Å². The molecule has 0 aliphatic heterocycles. The van der Waals surface area contributed by atoms with Gasteiger partial charge in [0.1, 0.15) is 0 Å². The summed E-state index contributed by atoms with van der Waals surface area (Å²) in [7, 11) is 0. The number of carbonyl (C=O) groups excluding carboxylic acids is 1. The number of nitrogens with one attached hydrogen (secondary N) is 1. The van der Waals surface area contributed by atoms with E-state index in [9.17, 15) is 4.79 Å². The molecule has 1 N–H and O–H groups in total. The monoisotopic (exact) mass is 251 g/mol. The smallest absolute Gasteiger partial charge is 0.251 e. The number of halogens is 1. The van der Waals surface area contributed by atoms with Crippen LogP contribution in [0.1, 0.15) is 42.1 Å². The van der Waals surface area contributed by atoms with Crippen molar-refractivity contribution < 1.29 is 4.79 Å². The Morgan fingerprint density at radius 3 is 2.82 bits per heavy atom. The highest BCUT2D eigenvalue weighted by molar-refractivity contribution is 6.31. The van der Waals surface area contributed by atoms with E-state index >= 15 is 0 Å². The predicted molar refractivity (Wildman–Crippen MR) is 70.5 cm³/mol. The average molecular weight is 252 g/mol. The molecule has 1 amide bonds. The molecule has 2 nitrogen and oxygen atoms in total. The lowest BCUT2D eigenvalue weighted by Crippen LogP contribution is -2.33. The molecular weight excluding hydrogens is 234 g/mol. The number of amides is 1. The zero-order valence-corrected chi connectivity index (χ0v) is 11.1. The molecule has 1 saturated carbocycles. The maximum atomic E-state index is 12.1. The first kappa shape index (κ1) is 12.4. The van der Waals surface area contributed by atoms with E-state index in [1.54, 1.807) is 0 Å². The Morgan fingerprint density at radius 2 is 2.18 bits per heavy atom. The molecule has 17 heavy (non-hydrogen) atoms. The van der Waals surface area contributed by atoms with Crippen molar-refractivity contribution in [1.82, 2.24) is 5.32 Å². The highest BCUT2D eigenvalue weighted by atomic mass is 35.5. The van der Waals surface area contributed by atoms with E-state index in [0.29, 0.717) is 16.6 Å². The second-order valence-electron chi connectivity index (χ2n) is 5.00. The van der Waals surface area contributed by atoms with E-state index in [0.717, 1.165) is 24.3 Å². The topological polar surface area (TPSA) is 29.1 Å². The lowest BCUT2D eigenvalue weighted by atomic mass is 10.1. The standard InChI is InChI=1S/C14H18ClNO/c1-9-6-7-11(8-9)16-14(17)12-4-3-5-13(15)10(12)2/h3-5,9,11H,6-8H2,1-2H3,(H,16,17). The van der Waals surface area contributed by atoms with E-state index < -0.39 is 0 Å². The molecule has 0 aromatic heterocycles. The van der Waals surface area contributed by atoms with E-state index in [-0.39, 0.29) is 5.91 Å². The number of rotatable bonds is 2. The van der Waals surface area contributed by atoms with Crippen LogP contribution in [0.3, 0.4) is 0 Å². The van der Waals surface area contributed by atoms with Crippen LogP contribution in [0, 0.1) is 12.8 Å². The molecule has 2 atom stereocenters. The fraction of sp³-hybridized carbons (Fsp3) is 0.500. The Bertz CT molecular complexity index is 430.